The van der Waals surface area contributed by atoms with E-state index >= 15 is 0 Å². The summed E-state index contributed by atoms with van der Waals surface area (Å²) in [6, 6.07) is 173. The Morgan fingerprint density at radius 3 is 0.850 bits per heavy atom. The van der Waals surface area contributed by atoms with Crippen LogP contribution in [0, 0.1) is 0 Å². The van der Waals surface area contributed by atoms with Crippen molar-refractivity contribution in [2.45, 2.75) is 0 Å². The molecule has 0 fully saturated rings. The van der Waals surface area contributed by atoms with E-state index in [0.717, 1.165) is 119 Å². The van der Waals surface area contributed by atoms with Crippen LogP contribution in [-0.2, 0) is 0 Å². The van der Waals surface area contributed by atoms with Crippen LogP contribution < -0.4 is 14.2 Å². The average Bonchev–Trinajstić information content (AvgIpc) is 1.30. The maximum atomic E-state index is 6.35. The minimum Gasteiger partial charge on any atom is -0.453 e. The molecule has 24 aromatic carbocycles. The van der Waals surface area contributed by atoms with Gasteiger partial charge in [0.25, 0.3) is 0 Å². The van der Waals surface area contributed by atoms with Gasteiger partial charge in [-0.3, -0.25) is 13.7 Å². The van der Waals surface area contributed by atoms with Crippen molar-refractivity contribution in [3.63, 3.8) is 0 Å². The van der Waals surface area contributed by atoms with Crippen LogP contribution >= 0.6 is 0 Å². The lowest BCUT2D eigenvalue weighted by molar-refractivity contribution is 0.475. The van der Waals surface area contributed by atoms with Crippen LogP contribution in [0.5, 0.6) is 34.5 Å². The molecule has 652 valence electrons. The number of ether oxygens (including phenoxy) is 3. The fraction of sp³-hybridized carbons (Fsp3) is 0. The molecule has 0 bridgehead atoms. The predicted molar refractivity (Wildman–Crippen MR) is 578 cm³/mol. The maximum absolute atomic E-state index is 6.35. The molecule has 27 aromatic rings. The number of imidazole rings is 3. The van der Waals surface area contributed by atoms with Gasteiger partial charge in [-0.05, 0) is 267 Å². The third-order valence-corrected chi connectivity index (χ3v) is 28.3. The quantitative estimate of drug-likeness (QED) is 0.127. The lowest BCUT2D eigenvalue weighted by Gasteiger charge is -2.22. The average molecular weight is 1790 g/mol. The predicted octanol–water partition coefficient (Wildman–Crippen LogP) is 35.3. The molecule has 0 radical (unpaired) electrons. The van der Waals surface area contributed by atoms with Crippen molar-refractivity contribution in [3.8, 4) is 164 Å². The number of aromatic nitrogens is 6. The minimum atomic E-state index is 0.821. The standard InChI is InChI=1S/C45H28N2O.2C43H26N2O/c1-3-13-29(14-4-1)31-17-11-18-32(27-31)43-35-20-8-7-19-34(35)42(30-15-5-2-6-16-30)36-26-25-33(28-37(36)43)45-46-38-21-12-24-41-44(38)47(45)39-22-9-10-23-40(39)48-41;1-2-13-28(14-3-1)40-32-17-6-7-18-33(32)41(31-19-10-15-27-12-4-5-16-30(27)31)35-26-29(24-25-34(35)40)43-44-36-20-11-23-39-42(36)45(43)37-21-8-9-22-38(37)46-39;1-2-12-28(13-3-1)40-32-15-6-7-16-33(32)41(30-22-21-27-11-4-5-14-29(27)25-30)35-26-31(23-24-34(35)40)43-44-36-17-10-20-39-42(36)45(43)37-18-8-9-19-38(37)46-39/h1-28H;2*1-26H. The number of hydrogen-bond acceptors (Lipinski definition) is 6. The van der Waals surface area contributed by atoms with E-state index < -0.39 is 0 Å². The van der Waals surface area contributed by atoms with E-state index in [1.807, 2.05) is 72.8 Å². The molecule has 9 nitrogen and oxygen atoms in total. The highest BCUT2D eigenvalue weighted by atomic mass is 16.5. The van der Waals surface area contributed by atoms with Crippen molar-refractivity contribution >= 4 is 119 Å². The molecule has 3 aliphatic heterocycles. The number of fused-ring (bicyclic) bond motifs is 14. The second-order valence-corrected chi connectivity index (χ2v) is 36.2. The van der Waals surface area contributed by atoms with Gasteiger partial charge < -0.3 is 14.2 Å². The second kappa shape index (κ2) is 32.5. The minimum absolute atomic E-state index is 0.821. The first kappa shape index (κ1) is 79.7. The monoisotopic (exact) mass is 1780 g/mol. The Morgan fingerprint density at radius 1 is 0.150 bits per heavy atom. The molecule has 0 saturated heterocycles. The van der Waals surface area contributed by atoms with Crippen molar-refractivity contribution in [1.29, 1.82) is 0 Å². The van der Waals surface area contributed by atoms with Gasteiger partial charge in [0.1, 0.15) is 34.0 Å². The lowest BCUT2D eigenvalue weighted by Crippen LogP contribution is -2.05. The molecule has 9 heteroatoms. The molecule has 0 N–H and O–H groups in total. The fourth-order valence-electron chi connectivity index (χ4n) is 22.2. The molecule has 0 amide bonds. The van der Waals surface area contributed by atoms with Crippen LogP contribution in [-0.4, -0.2) is 28.7 Å². The van der Waals surface area contributed by atoms with Gasteiger partial charge in [0.15, 0.2) is 34.5 Å². The van der Waals surface area contributed by atoms with E-state index in [4.69, 9.17) is 29.2 Å². The summed E-state index contributed by atoms with van der Waals surface area (Å²) < 4.78 is 25.8. The summed E-state index contributed by atoms with van der Waals surface area (Å²) in [4.78, 5) is 15.7. The summed E-state index contributed by atoms with van der Waals surface area (Å²) in [5, 5.41) is 19.6. The van der Waals surface area contributed by atoms with Gasteiger partial charge in [0.05, 0.1) is 33.6 Å². The van der Waals surface area contributed by atoms with Gasteiger partial charge >= 0.3 is 0 Å². The van der Waals surface area contributed by atoms with Gasteiger partial charge in [0, 0.05) is 16.7 Å². The molecule has 3 aromatic heterocycles. The van der Waals surface area contributed by atoms with Gasteiger partial charge in [-0.2, -0.15) is 0 Å². The van der Waals surface area contributed by atoms with E-state index in [9.17, 15) is 0 Å². The molecule has 0 atom stereocenters. The van der Waals surface area contributed by atoms with Crippen LogP contribution in [0.15, 0.2) is 485 Å². The third-order valence-electron chi connectivity index (χ3n) is 28.3. The number of para-hydroxylation sites is 9. The van der Waals surface area contributed by atoms with Gasteiger partial charge in [-0.15, -0.1) is 0 Å². The molecule has 0 spiro atoms. The second-order valence-electron chi connectivity index (χ2n) is 36.2. The van der Waals surface area contributed by atoms with Crippen LogP contribution in [0.2, 0.25) is 0 Å². The molecule has 30 rings (SSSR count). The highest BCUT2D eigenvalue weighted by molar-refractivity contribution is 6.27. The Morgan fingerprint density at radius 2 is 0.429 bits per heavy atom. The van der Waals surface area contributed by atoms with Gasteiger partial charge in [0.2, 0.25) is 0 Å². The molecule has 140 heavy (non-hydrogen) atoms. The zero-order chi connectivity index (χ0) is 92.0. The van der Waals surface area contributed by atoms with Crippen molar-refractivity contribution in [3.05, 3.63) is 485 Å². The van der Waals surface area contributed by atoms with Crippen LogP contribution in [0.3, 0.4) is 0 Å². The third kappa shape index (κ3) is 12.9. The first-order chi connectivity index (χ1) is 69.5. The largest absolute Gasteiger partial charge is 0.453 e. The van der Waals surface area contributed by atoms with E-state index in [1.54, 1.807) is 0 Å². The van der Waals surface area contributed by atoms with Crippen molar-refractivity contribution in [1.82, 2.24) is 28.7 Å². The van der Waals surface area contributed by atoms with Crippen LogP contribution in [0.25, 0.3) is 248 Å². The van der Waals surface area contributed by atoms with Crippen molar-refractivity contribution < 1.29 is 14.2 Å². The molecule has 0 aliphatic carbocycles. The van der Waals surface area contributed by atoms with Gasteiger partial charge in [-0.25, -0.2) is 15.0 Å². The summed E-state index contributed by atoms with van der Waals surface area (Å²) in [6.45, 7) is 0. The molecule has 6 heterocycles. The number of hydrogen-bond donors (Lipinski definition) is 0. The Balaban J connectivity index is 0.000000103. The first-order valence-corrected chi connectivity index (χ1v) is 47.6. The Bertz CT molecular complexity index is 9800. The molecular formula is C131H80N6O3. The highest BCUT2D eigenvalue weighted by Crippen LogP contribution is 2.54. The summed E-state index contributed by atoms with van der Waals surface area (Å²) in [6.07, 6.45) is 0. The number of benzene rings is 24. The normalized spacial score (nSPS) is 12.0. The van der Waals surface area contributed by atoms with Crippen molar-refractivity contribution in [2.75, 3.05) is 0 Å². The van der Waals surface area contributed by atoms with E-state index in [1.165, 1.54) is 164 Å². The van der Waals surface area contributed by atoms with Crippen molar-refractivity contribution in [2.24, 2.45) is 0 Å². The van der Waals surface area contributed by atoms with Gasteiger partial charge in [-0.1, -0.05) is 382 Å². The van der Waals surface area contributed by atoms with E-state index in [0.29, 0.717) is 0 Å². The Kier molecular flexibility index (Phi) is 18.5. The summed E-state index contributed by atoms with van der Waals surface area (Å²) in [7, 11) is 0. The lowest BCUT2D eigenvalue weighted by atomic mass is 9.84. The molecule has 3 aliphatic rings. The molecule has 0 unspecified atom stereocenters. The smallest absolute Gasteiger partial charge is 0.153 e. The topological polar surface area (TPSA) is 81.1 Å². The Hall–Kier alpha value is -18.8. The number of rotatable bonds is 10. The highest BCUT2D eigenvalue weighted by Gasteiger charge is 2.32. The zero-order valence-electron chi connectivity index (χ0n) is 75.6. The number of nitrogens with zero attached hydrogens (tertiary/aromatic N) is 6. The maximum Gasteiger partial charge on any atom is 0.153 e. The SMILES string of the molecule is c1ccc(-c2c3ccccc3c(-c3ccc4ccccc4c3)c3cc(-c4nc5cccc6c5n4-c4ccccc4O6)ccc23)cc1.c1ccc(-c2c3ccccc3c(-c3cccc4ccccc34)c3cc(-c4nc5cccc6c5n4-c4ccccc4O6)ccc23)cc1.c1ccc(-c2cccc(-c3c4ccccc4c(-c4ccccc4)c4ccc(-c5nc6cccc7c6n5-c5ccccc5O7)cc34)c2)cc1. The van der Waals surface area contributed by atoms with E-state index in [-0.39, 0.29) is 0 Å². The summed E-state index contributed by atoms with van der Waals surface area (Å²) >= 11 is 0. The molecular weight excluding hydrogens is 1710 g/mol. The van der Waals surface area contributed by atoms with Crippen LogP contribution in [0.1, 0.15) is 0 Å². The molecule has 0 saturated carbocycles. The van der Waals surface area contributed by atoms with Crippen LogP contribution in [0.4, 0.5) is 0 Å². The Labute approximate surface area is 805 Å². The summed E-state index contributed by atoms with van der Waals surface area (Å²) in [5.41, 5.74) is 28.9. The summed E-state index contributed by atoms with van der Waals surface area (Å²) in [5.74, 6) is 7.66. The zero-order valence-corrected chi connectivity index (χ0v) is 75.6. The fourth-order valence-corrected chi connectivity index (χ4v) is 22.2. The first-order valence-electron chi connectivity index (χ1n) is 47.6. The van der Waals surface area contributed by atoms with E-state index in [2.05, 4.69) is 426 Å².